The van der Waals surface area contributed by atoms with Crippen molar-refractivity contribution >= 4 is 17.4 Å². The van der Waals surface area contributed by atoms with Crippen molar-refractivity contribution in [3.8, 4) is 0 Å². The Morgan fingerprint density at radius 2 is 2.00 bits per heavy atom. The Kier molecular flexibility index (Phi) is 4.77. The van der Waals surface area contributed by atoms with Crippen LogP contribution in [0.15, 0.2) is 42.5 Å². The van der Waals surface area contributed by atoms with Crippen LogP contribution in [0.4, 0.5) is 0 Å². The fourth-order valence-corrected chi connectivity index (χ4v) is 2.14. The molecule has 0 aliphatic rings. The van der Waals surface area contributed by atoms with Gasteiger partial charge in [0.05, 0.1) is 13.2 Å². The standard InChI is InChI=1S/C16H17ClN2O/c1-11-7-13(16(18)19)5-6-14(11)10-20-9-12-3-2-4-15(17)8-12/h2-8H,9-10H2,1H3,(H3,18,19). The van der Waals surface area contributed by atoms with Crippen LogP contribution in [0.1, 0.15) is 22.3 Å². The van der Waals surface area contributed by atoms with E-state index in [2.05, 4.69) is 0 Å². The average Bonchev–Trinajstić information content (AvgIpc) is 2.40. The van der Waals surface area contributed by atoms with Gasteiger partial charge in [-0.2, -0.15) is 0 Å². The smallest absolute Gasteiger partial charge is 0.122 e. The van der Waals surface area contributed by atoms with Crippen LogP contribution in [-0.2, 0) is 18.0 Å². The Bertz CT molecular complexity index is 626. The van der Waals surface area contributed by atoms with Gasteiger partial charge in [0.1, 0.15) is 5.84 Å². The summed E-state index contributed by atoms with van der Waals surface area (Å²) in [6, 6.07) is 13.3. The first-order valence-corrected chi connectivity index (χ1v) is 6.70. The fourth-order valence-electron chi connectivity index (χ4n) is 1.93. The number of nitrogens with two attached hydrogens (primary N) is 1. The predicted molar refractivity (Wildman–Crippen MR) is 82.1 cm³/mol. The number of aryl methyl sites for hydroxylation is 1. The molecule has 0 spiro atoms. The van der Waals surface area contributed by atoms with E-state index in [1.165, 1.54) is 0 Å². The largest absolute Gasteiger partial charge is 0.384 e. The first-order valence-electron chi connectivity index (χ1n) is 6.32. The van der Waals surface area contributed by atoms with Crippen molar-refractivity contribution < 1.29 is 4.74 Å². The maximum absolute atomic E-state index is 7.41. The number of rotatable bonds is 5. The molecule has 3 nitrogen and oxygen atoms in total. The first-order chi connectivity index (χ1) is 9.56. The second-order valence-corrected chi connectivity index (χ2v) is 5.11. The zero-order chi connectivity index (χ0) is 14.5. The maximum atomic E-state index is 7.41. The summed E-state index contributed by atoms with van der Waals surface area (Å²) in [5.41, 5.74) is 9.42. The molecule has 0 saturated heterocycles. The molecule has 0 bridgehead atoms. The van der Waals surface area contributed by atoms with Gasteiger partial charge in [-0.1, -0.05) is 35.9 Å². The van der Waals surface area contributed by atoms with Crippen LogP contribution in [0, 0.1) is 12.3 Å². The normalized spacial score (nSPS) is 10.5. The van der Waals surface area contributed by atoms with Gasteiger partial charge in [0.15, 0.2) is 0 Å². The maximum Gasteiger partial charge on any atom is 0.122 e. The number of hydrogen-bond acceptors (Lipinski definition) is 2. The van der Waals surface area contributed by atoms with Gasteiger partial charge < -0.3 is 10.5 Å². The quantitative estimate of drug-likeness (QED) is 0.652. The zero-order valence-electron chi connectivity index (χ0n) is 11.3. The molecule has 2 aromatic carbocycles. The molecule has 0 aromatic heterocycles. The molecule has 0 atom stereocenters. The number of nitrogen functional groups attached to an aromatic ring is 1. The summed E-state index contributed by atoms with van der Waals surface area (Å²) in [6.45, 7) is 3.04. The molecular formula is C16H17ClN2O. The lowest BCUT2D eigenvalue weighted by Crippen LogP contribution is -2.11. The van der Waals surface area contributed by atoms with E-state index in [1.807, 2.05) is 49.4 Å². The van der Waals surface area contributed by atoms with Crippen molar-refractivity contribution in [1.82, 2.24) is 0 Å². The van der Waals surface area contributed by atoms with Crippen LogP contribution in [0.2, 0.25) is 5.02 Å². The lowest BCUT2D eigenvalue weighted by molar-refractivity contribution is 0.107. The van der Waals surface area contributed by atoms with Gasteiger partial charge >= 0.3 is 0 Å². The molecule has 0 aliphatic carbocycles. The highest BCUT2D eigenvalue weighted by Gasteiger charge is 2.03. The van der Waals surface area contributed by atoms with E-state index in [1.54, 1.807) is 0 Å². The van der Waals surface area contributed by atoms with Crippen molar-refractivity contribution in [1.29, 1.82) is 5.41 Å². The number of benzene rings is 2. The minimum Gasteiger partial charge on any atom is -0.384 e. The summed E-state index contributed by atoms with van der Waals surface area (Å²) in [6.07, 6.45) is 0. The first kappa shape index (κ1) is 14.6. The van der Waals surface area contributed by atoms with E-state index in [4.69, 9.17) is 27.5 Å². The van der Waals surface area contributed by atoms with Gasteiger partial charge in [-0.15, -0.1) is 0 Å². The molecule has 0 fully saturated rings. The molecule has 2 aromatic rings. The Balaban J connectivity index is 1.96. The highest BCUT2D eigenvalue weighted by atomic mass is 35.5. The Labute approximate surface area is 123 Å². The zero-order valence-corrected chi connectivity index (χ0v) is 12.1. The molecule has 3 N–H and O–H groups in total. The number of amidine groups is 1. The molecule has 0 radical (unpaired) electrons. The summed E-state index contributed by atoms with van der Waals surface area (Å²) >= 11 is 5.93. The number of hydrogen-bond donors (Lipinski definition) is 2. The number of halogens is 1. The van der Waals surface area contributed by atoms with E-state index in [9.17, 15) is 0 Å². The van der Waals surface area contributed by atoms with Crippen LogP contribution in [0.25, 0.3) is 0 Å². The van der Waals surface area contributed by atoms with Gasteiger partial charge in [0.25, 0.3) is 0 Å². The van der Waals surface area contributed by atoms with Gasteiger partial charge in [-0.05, 0) is 41.8 Å². The van der Waals surface area contributed by atoms with E-state index >= 15 is 0 Å². The third-order valence-corrected chi connectivity index (χ3v) is 3.30. The van der Waals surface area contributed by atoms with Crippen LogP contribution < -0.4 is 5.73 Å². The lowest BCUT2D eigenvalue weighted by atomic mass is 10.1. The molecule has 0 aliphatic heterocycles. The summed E-state index contributed by atoms with van der Waals surface area (Å²) in [7, 11) is 0. The lowest BCUT2D eigenvalue weighted by Gasteiger charge is -2.09. The molecule has 2 rings (SSSR count). The molecule has 0 amide bonds. The molecule has 104 valence electrons. The van der Waals surface area contributed by atoms with Gasteiger partial charge in [0.2, 0.25) is 0 Å². The van der Waals surface area contributed by atoms with Crippen LogP contribution in [0.3, 0.4) is 0 Å². The second-order valence-electron chi connectivity index (χ2n) is 4.68. The van der Waals surface area contributed by atoms with Gasteiger partial charge in [-0.25, -0.2) is 0 Å². The van der Waals surface area contributed by atoms with Gasteiger partial charge in [0, 0.05) is 10.6 Å². The Hall–Kier alpha value is -1.84. The number of nitrogens with one attached hydrogen (secondary N) is 1. The van der Waals surface area contributed by atoms with Crippen LogP contribution in [0.5, 0.6) is 0 Å². The van der Waals surface area contributed by atoms with Crippen molar-refractivity contribution in [2.75, 3.05) is 0 Å². The third-order valence-electron chi connectivity index (χ3n) is 3.07. The molecular weight excluding hydrogens is 272 g/mol. The highest BCUT2D eigenvalue weighted by molar-refractivity contribution is 6.30. The van der Waals surface area contributed by atoms with Crippen molar-refractivity contribution in [3.05, 3.63) is 69.7 Å². The predicted octanol–water partition coefficient (Wildman–Crippen LogP) is 3.65. The van der Waals surface area contributed by atoms with Crippen molar-refractivity contribution in [3.63, 3.8) is 0 Å². The minimum atomic E-state index is 0.0829. The number of ether oxygens (including phenoxy) is 1. The molecule has 0 heterocycles. The summed E-state index contributed by atoms with van der Waals surface area (Å²) in [5, 5.41) is 8.12. The summed E-state index contributed by atoms with van der Waals surface area (Å²) in [5.74, 6) is 0.0829. The second kappa shape index (κ2) is 6.55. The van der Waals surface area contributed by atoms with Crippen LogP contribution in [-0.4, -0.2) is 5.84 Å². The van der Waals surface area contributed by atoms with E-state index < -0.39 is 0 Å². The van der Waals surface area contributed by atoms with Gasteiger partial charge in [-0.3, -0.25) is 5.41 Å². The Morgan fingerprint density at radius 1 is 1.20 bits per heavy atom. The van der Waals surface area contributed by atoms with Crippen LogP contribution >= 0.6 is 11.6 Å². The van der Waals surface area contributed by atoms with E-state index in [0.717, 1.165) is 22.3 Å². The molecule has 0 unspecified atom stereocenters. The fraction of sp³-hybridized carbons (Fsp3) is 0.188. The summed E-state index contributed by atoms with van der Waals surface area (Å²) in [4.78, 5) is 0. The van der Waals surface area contributed by atoms with Crippen molar-refractivity contribution in [2.45, 2.75) is 20.1 Å². The van der Waals surface area contributed by atoms with E-state index in [0.29, 0.717) is 18.2 Å². The molecule has 4 heteroatoms. The topological polar surface area (TPSA) is 59.1 Å². The SMILES string of the molecule is Cc1cc(C(=N)N)ccc1COCc1cccc(Cl)c1. The Morgan fingerprint density at radius 3 is 2.65 bits per heavy atom. The molecule has 0 saturated carbocycles. The highest BCUT2D eigenvalue weighted by Crippen LogP contribution is 2.15. The minimum absolute atomic E-state index is 0.0829. The molecule has 20 heavy (non-hydrogen) atoms. The third kappa shape index (κ3) is 3.83. The average molecular weight is 289 g/mol. The monoisotopic (exact) mass is 288 g/mol. The van der Waals surface area contributed by atoms with Crippen molar-refractivity contribution in [2.24, 2.45) is 5.73 Å². The summed E-state index contributed by atoms with van der Waals surface area (Å²) < 4.78 is 5.70. The van der Waals surface area contributed by atoms with E-state index in [-0.39, 0.29) is 5.84 Å².